The molecule has 3 heteroatoms. The first-order valence-corrected chi connectivity index (χ1v) is 2.77. The van der Waals surface area contributed by atoms with E-state index in [1.807, 2.05) is 0 Å². The summed E-state index contributed by atoms with van der Waals surface area (Å²) in [6.45, 7) is 0.704. The topological polar surface area (TPSA) is 55.1 Å². The first-order valence-electron chi connectivity index (χ1n) is 3.27. The molecule has 0 aromatic rings. The lowest BCUT2D eigenvalue weighted by Gasteiger charge is -2.16. The molecule has 0 bridgehead atoms. The summed E-state index contributed by atoms with van der Waals surface area (Å²) in [5.74, 6) is 0.0472. The molecule has 46 valence electrons. The molecule has 0 aliphatic carbocycles. The summed E-state index contributed by atoms with van der Waals surface area (Å²) in [7, 11) is 0. The first-order chi connectivity index (χ1) is 4.33. The molecule has 0 saturated carbocycles. The molecule has 1 amide bonds. The number of carbonyl (C=O) groups excluding carboxylic acids is 1. The van der Waals surface area contributed by atoms with Crippen LogP contribution < -0.4 is 11.0 Å². The van der Waals surface area contributed by atoms with Gasteiger partial charge in [0.1, 0.15) is 1.41 Å². The minimum absolute atomic E-state index is 0.0472. The zero-order valence-electron chi connectivity index (χ0n) is 5.61. The second kappa shape index (κ2) is 2.13. The van der Waals surface area contributed by atoms with Crippen molar-refractivity contribution < 1.29 is 6.21 Å². The van der Waals surface area contributed by atoms with Gasteiger partial charge < -0.3 is 11.0 Å². The van der Waals surface area contributed by atoms with E-state index in [-0.39, 0.29) is 11.9 Å². The fourth-order valence-corrected chi connectivity index (χ4v) is 0.784. The standard InChI is InChI=1S/C5H10N2O/c6-4-1-2-7-5(8)3-4/h4H,1-3,6H2,(H,7,8)/t4-/m0/s1/i/hD. The van der Waals surface area contributed by atoms with Crippen molar-refractivity contribution in [3.05, 3.63) is 0 Å². The van der Waals surface area contributed by atoms with Crippen LogP contribution >= 0.6 is 0 Å². The predicted molar refractivity (Wildman–Crippen MR) is 30.2 cm³/mol. The molecule has 1 fully saturated rings. The number of amides is 1. The van der Waals surface area contributed by atoms with Crippen LogP contribution in [-0.4, -0.2) is 18.5 Å². The largest absolute Gasteiger partial charge is 0.356 e. The molecule has 1 saturated heterocycles. The molecule has 0 spiro atoms. The summed E-state index contributed by atoms with van der Waals surface area (Å²) in [5.41, 5.74) is 2.32. The highest BCUT2D eigenvalue weighted by Crippen LogP contribution is 1.98. The molecule has 1 aliphatic heterocycles. The number of hydrogen-bond acceptors (Lipinski definition) is 2. The van der Waals surface area contributed by atoms with Crippen LogP contribution in [0.3, 0.4) is 0 Å². The van der Waals surface area contributed by atoms with Crippen LogP contribution in [0.5, 0.6) is 0 Å². The van der Waals surface area contributed by atoms with Crippen LogP contribution in [0.25, 0.3) is 0 Å². The van der Waals surface area contributed by atoms with E-state index in [2.05, 4.69) is 11.0 Å². The molecule has 1 rings (SSSR count). The molecule has 1 atom stereocenters. The Morgan fingerprint density at radius 2 is 2.88 bits per heavy atom. The summed E-state index contributed by atoms with van der Waals surface area (Å²) in [5, 5.41) is 2.68. The molecule has 0 unspecified atom stereocenters. The lowest BCUT2D eigenvalue weighted by molar-refractivity contribution is -0.122. The zero-order valence-corrected chi connectivity index (χ0v) is 4.61. The highest BCUT2D eigenvalue weighted by atomic mass is 16.1. The maximum atomic E-state index is 10.6. The van der Waals surface area contributed by atoms with Gasteiger partial charge >= 0.3 is 0 Å². The minimum atomic E-state index is 0.0472. The smallest absolute Gasteiger partial charge is 0.221 e. The minimum Gasteiger partial charge on any atom is -0.356 e. The molecule has 0 aromatic carbocycles. The number of hydrogen-bond donors (Lipinski definition) is 2. The molecule has 3 nitrogen and oxygen atoms in total. The third kappa shape index (κ3) is 1.20. The average Bonchev–Trinajstić information content (AvgIpc) is 1.88. The summed E-state index contributed by atoms with van der Waals surface area (Å²) in [6, 6.07) is 0.0683. The van der Waals surface area contributed by atoms with Crippen LogP contribution in [0.15, 0.2) is 0 Å². The van der Waals surface area contributed by atoms with Crippen molar-refractivity contribution in [3.63, 3.8) is 0 Å². The van der Waals surface area contributed by atoms with E-state index in [4.69, 9.17) is 1.41 Å². The molecule has 1 heterocycles. The number of piperidine rings is 1. The quantitative estimate of drug-likeness (QED) is 0.471. The van der Waals surface area contributed by atoms with Gasteiger partial charge in [-0.05, 0) is 6.42 Å². The van der Waals surface area contributed by atoms with Crippen LogP contribution in [0, 0.1) is 0 Å². The van der Waals surface area contributed by atoms with Crippen molar-refractivity contribution in [1.29, 1.82) is 0 Å². The van der Waals surface area contributed by atoms with E-state index >= 15 is 0 Å². The van der Waals surface area contributed by atoms with Crippen LogP contribution in [-0.2, 0) is 4.79 Å². The highest BCUT2D eigenvalue weighted by Gasteiger charge is 2.13. The first kappa shape index (κ1) is 4.32. The van der Waals surface area contributed by atoms with Crippen molar-refractivity contribution in [3.8, 4) is 0 Å². The molecular formula is C5H10N2O. The predicted octanol–water partition coefficient (Wildman–Crippen LogP) is -0.776. The SMILES string of the molecule is [2H]N[C@H]1CCNC(=O)C1. The van der Waals surface area contributed by atoms with Crippen molar-refractivity contribution in [2.45, 2.75) is 18.9 Å². The fraction of sp³-hybridized carbons (Fsp3) is 0.800. The summed E-state index contributed by atoms with van der Waals surface area (Å²) >= 11 is 0. The van der Waals surface area contributed by atoms with Gasteiger partial charge in [0.15, 0.2) is 0 Å². The van der Waals surface area contributed by atoms with Gasteiger partial charge in [0.05, 0.1) is 0 Å². The number of nitrogens with one attached hydrogen (secondary N) is 1. The zero-order chi connectivity index (χ0) is 6.69. The van der Waals surface area contributed by atoms with Gasteiger partial charge in [-0.3, -0.25) is 4.79 Å². The van der Waals surface area contributed by atoms with Gasteiger partial charge in [-0.25, -0.2) is 0 Å². The maximum absolute atomic E-state index is 10.6. The Bertz CT molecular complexity index is 118. The molecule has 0 radical (unpaired) electrons. The Morgan fingerprint density at radius 1 is 2.00 bits per heavy atom. The highest BCUT2D eigenvalue weighted by molar-refractivity contribution is 5.77. The second-order valence-corrected chi connectivity index (χ2v) is 2.04. The number of carbonyl (C=O) groups is 1. The van der Waals surface area contributed by atoms with Gasteiger partial charge in [-0.1, -0.05) is 0 Å². The molecule has 0 aromatic heterocycles. The van der Waals surface area contributed by atoms with Crippen molar-refractivity contribution in [2.75, 3.05) is 6.54 Å². The summed E-state index contributed by atoms with van der Waals surface area (Å²) in [4.78, 5) is 10.6. The Balaban J connectivity index is 2.32. The van der Waals surface area contributed by atoms with Crippen LogP contribution in [0.4, 0.5) is 0 Å². The lowest BCUT2D eigenvalue weighted by Crippen LogP contribution is -2.40. The summed E-state index contributed by atoms with van der Waals surface area (Å²) < 4.78 is 6.76. The van der Waals surface area contributed by atoms with Crippen molar-refractivity contribution >= 4 is 5.91 Å². The van der Waals surface area contributed by atoms with Gasteiger partial charge in [0.25, 0.3) is 0 Å². The van der Waals surface area contributed by atoms with E-state index in [1.54, 1.807) is 0 Å². The van der Waals surface area contributed by atoms with E-state index < -0.39 is 0 Å². The monoisotopic (exact) mass is 115 g/mol. The summed E-state index contributed by atoms with van der Waals surface area (Å²) in [6.07, 6.45) is 1.32. The van der Waals surface area contributed by atoms with E-state index in [1.165, 1.54) is 0 Å². The molecule has 8 heavy (non-hydrogen) atoms. The van der Waals surface area contributed by atoms with Crippen LogP contribution in [0.2, 0.25) is 1.41 Å². The second-order valence-electron chi connectivity index (χ2n) is 2.04. The number of nitrogens with two attached hydrogens (primary N) is 1. The van der Waals surface area contributed by atoms with Gasteiger partial charge in [0.2, 0.25) is 5.91 Å². The lowest BCUT2D eigenvalue weighted by atomic mass is 10.1. The average molecular weight is 115 g/mol. The van der Waals surface area contributed by atoms with Crippen molar-refractivity contribution in [1.82, 2.24) is 5.32 Å². The molecule has 1 aliphatic rings. The Kier molecular flexibility index (Phi) is 1.15. The maximum Gasteiger partial charge on any atom is 0.221 e. The van der Waals surface area contributed by atoms with Gasteiger partial charge in [-0.2, -0.15) is 0 Å². The third-order valence-electron chi connectivity index (χ3n) is 1.25. The van der Waals surface area contributed by atoms with Crippen molar-refractivity contribution in [2.24, 2.45) is 5.73 Å². The molecule has 3 N–H and O–H groups in total. The Morgan fingerprint density at radius 3 is 3.38 bits per heavy atom. The normalized spacial score (nSPS) is 31.2. The Labute approximate surface area is 49.7 Å². The van der Waals surface area contributed by atoms with E-state index in [0.717, 1.165) is 6.42 Å². The third-order valence-corrected chi connectivity index (χ3v) is 1.25. The Hall–Kier alpha value is -0.570. The van der Waals surface area contributed by atoms with Gasteiger partial charge in [0, 0.05) is 19.0 Å². The van der Waals surface area contributed by atoms with E-state index in [0.29, 0.717) is 13.0 Å². The van der Waals surface area contributed by atoms with Crippen LogP contribution in [0.1, 0.15) is 12.8 Å². The number of rotatable bonds is 1. The van der Waals surface area contributed by atoms with Gasteiger partial charge in [-0.15, -0.1) is 0 Å². The fourth-order valence-electron chi connectivity index (χ4n) is 0.784. The molecular weight excluding hydrogens is 104 g/mol. The van der Waals surface area contributed by atoms with E-state index in [9.17, 15) is 4.79 Å².